The molecule has 6 nitrogen and oxygen atoms in total. The molecule has 0 atom stereocenters. The number of aromatic carboxylic acids is 1. The Bertz CT molecular complexity index is 854. The molecule has 0 aliphatic rings. The van der Waals surface area contributed by atoms with Gasteiger partial charge in [-0.1, -0.05) is 37.2 Å². The van der Waals surface area contributed by atoms with E-state index in [4.69, 9.17) is 4.52 Å². The van der Waals surface area contributed by atoms with Gasteiger partial charge in [0.1, 0.15) is 0 Å². The van der Waals surface area contributed by atoms with Gasteiger partial charge in [0, 0.05) is 18.2 Å². The average molecular weight is 323 g/mol. The van der Waals surface area contributed by atoms with Gasteiger partial charge in [0.15, 0.2) is 5.82 Å². The minimum Gasteiger partial charge on any atom is -0.478 e. The van der Waals surface area contributed by atoms with Gasteiger partial charge in [-0.15, -0.1) is 0 Å². The van der Waals surface area contributed by atoms with Gasteiger partial charge in [-0.3, -0.25) is 4.98 Å². The van der Waals surface area contributed by atoms with Gasteiger partial charge in [-0.2, -0.15) is 4.98 Å². The Hall–Kier alpha value is -3.02. The summed E-state index contributed by atoms with van der Waals surface area (Å²) < 4.78 is 5.26. The van der Waals surface area contributed by atoms with Gasteiger partial charge in [0.25, 0.3) is 5.89 Å². The highest BCUT2D eigenvalue weighted by atomic mass is 16.5. The Labute approximate surface area is 139 Å². The lowest BCUT2D eigenvalue weighted by Crippen LogP contribution is -2.00. The monoisotopic (exact) mass is 323 g/mol. The average Bonchev–Trinajstić information content (AvgIpc) is 3.02. The number of benzene rings is 1. The van der Waals surface area contributed by atoms with E-state index in [1.54, 1.807) is 42.6 Å². The van der Waals surface area contributed by atoms with Crippen molar-refractivity contribution in [1.29, 1.82) is 0 Å². The van der Waals surface area contributed by atoms with E-state index >= 15 is 0 Å². The van der Waals surface area contributed by atoms with Crippen LogP contribution in [0.25, 0.3) is 22.7 Å². The number of carbonyl (C=O) groups is 1. The maximum Gasteiger partial charge on any atom is 0.336 e. The van der Waals surface area contributed by atoms with Gasteiger partial charge in [-0.05, 0) is 24.1 Å². The maximum absolute atomic E-state index is 11.3. The lowest BCUT2D eigenvalue weighted by Gasteiger charge is -2.05. The Balaban J connectivity index is 1.89. The quantitative estimate of drug-likeness (QED) is 0.770. The molecule has 3 aromatic rings. The van der Waals surface area contributed by atoms with Crippen molar-refractivity contribution in [2.24, 2.45) is 5.92 Å². The Kier molecular flexibility index (Phi) is 4.37. The van der Waals surface area contributed by atoms with Crippen LogP contribution in [0.1, 0.15) is 30.0 Å². The van der Waals surface area contributed by atoms with E-state index in [1.807, 2.05) is 0 Å². The summed E-state index contributed by atoms with van der Waals surface area (Å²) >= 11 is 0. The second-order valence-corrected chi connectivity index (χ2v) is 5.90. The largest absolute Gasteiger partial charge is 0.478 e. The highest BCUT2D eigenvalue weighted by Gasteiger charge is 2.14. The number of hydrogen-bond donors (Lipinski definition) is 1. The third-order valence-corrected chi connectivity index (χ3v) is 3.50. The Morgan fingerprint density at radius 1 is 1.21 bits per heavy atom. The van der Waals surface area contributed by atoms with E-state index in [0.717, 1.165) is 6.42 Å². The smallest absolute Gasteiger partial charge is 0.336 e. The summed E-state index contributed by atoms with van der Waals surface area (Å²) in [5.74, 6) is 0.548. The van der Waals surface area contributed by atoms with Gasteiger partial charge < -0.3 is 9.63 Å². The molecule has 0 saturated heterocycles. The molecule has 0 radical (unpaired) electrons. The molecule has 1 N–H and O–H groups in total. The number of nitrogens with zero attached hydrogens (tertiary/aromatic N) is 3. The number of hydrogen-bond acceptors (Lipinski definition) is 5. The van der Waals surface area contributed by atoms with Crippen molar-refractivity contribution in [3.63, 3.8) is 0 Å². The summed E-state index contributed by atoms with van der Waals surface area (Å²) in [4.78, 5) is 20.0. The number of carboxylic acids is 1. The third kappa shape index (κ3) is 3.32. The van der Waals surface area contributed by atoms with E-state index in [2.05, 4.69) is 29.0 Å². The van der Waals surface area contributed by atoms with Crippen molar-refractivity contribution in [3.8, 4) is 22.7 Å². The molecule has 0 bridgehead atoms. The van der Waals surface area contributed by atoms with Crippen molar-refractivity contribution in [2.45, 2.75) is 20.3 Å². The summed E-state index contributed by atoms with van der Waals surface area (Å²) in [5.41, 5.74) is 2.07. The van der Waals surface area contributed by atoms with Crippen LogP contribution in [0.15, 0.2) is 47.1 Å². The number of rotatable bonds is 5. The molecular weight excluding hydrogens is 306 g/mol. The summed E-state index contributed by atoms with van der Waals surface area (Å²) in [6.07, 6.45) is 2.36. The highest BCUT2D eigenvalue weighted by molar-refractivity contribution is 5.95. The highest BCUT2D eigenvalue weighted by Crippen LogP contribution is 2.24. The first-order valence-electron chi connectivity index (χ1n) is 7.66. The number of pyridine rings is 1. The molecule has 0 aliphatic carbocycles. The second kappa shape index (κ2) is 6.62. The van der Waals surface area contributed by atoms with E-state index in [0.29, 0.717) is 34.5 Å². The first-order valence-corrected chi connectivity index (χ1v) is 7.66. The van der Waals surface area contributed by atoms with Crippen LogP contribution in [0.2, 0.25) is 0 Å². The van der Waals surface area contributed by atoms with Crippen molar-refractivity contribution in [3.05, 3.63) is 54.0 Å². The molecule has 24 heavy (non-hydrogen) atoms. The Morgan fingerprint density at radius 2 is 2.00 bits per heavy atom. The van der Waals surface area contributed by atoms with Crippen LogP contribution < -0.4 is 0 Å². The molecule has 6 heteroatoms. The zero-order chi connectivity index (χ0) is 17.1. The van der Waals surface area contributed by atoms with Crippen LogP contribution in [-0.4, -0.2) is 26.2 Å². The second-order valence-electron chi connectivity index (χ2n) is 5.90. The van der Waals surface area contributed by atoms with E-state index in [1.165, 1.54) is 0 Å². The van der Waals surface area contributed by atoms with Gasteiger partial charge in [0.2, 0.25) is 0 Å². The molecule has 3 rings (SSSR count). The number of carboxylic acid groups (broad SMARTS) is 1. The molecule has 122 valence electrons. The lowest BCUT2D eigenvalue weighted by atomic mass is 10.0. The fourth-order valence-corrected chi connectivity index (χ4v) is 2.39. The molecule has 2 heterocycles. The first-order chi connectivity index (χ1) is 11.5. The Morgan fingerprint density at radius 3 is 2.67 bits per heavy atom. The molecule has 0 unspecified atom stereocenters. The minimum atomic E-state index is -0.980. The van der Waals surface area contributed by atoms with Crippen molar-refractivity contribution < 1.29 is 14.4 Å². The lowest BCUT2D eigenvalue weighted by molar-refractivity contribution is 0.0697. The molecule has 0 spiro atoms. The predicted octanol–water partition coefficient (Wildman–Crippen LogP) is 3.70. The minimum absolute atomic E-state index is 0.217. The first kappa shape index (κ1) is 15.9. The van der Waals surface area contributed by atoms with Crippen molar-refractivity contribution in [1.82, 2.24) is 15.1 Å². The van der Waals surface area contributed by atoms with Crippen LogP contribution in [0.5, 0.6) is 0 Å². The zero-order valence-electron chi connectivity index (χ0n) is 13.4. The van der Waals surface area contributed by atoms with Crippen LogP contribution >= 0.6 is 0 Å². The predicted molar refractivity (Wildman–Crippen MR) is 88.5 cm³/mol. The molecule has 0 amide bonds. The van der Waals surface area contributed by atoms with Gasteiger partial charge in [0.05, 0.1) is 16.8 Å². The molecule has 0 saturated carbocycles. The topological polar surface area (TPSA) is 89.1 Å². The molecular formula is C18H17N3O3. The van der Waals surface area contributed by atoms with Crippen LogP contribution in [0.4, 0.5) is 0 Å². The van der Waals surface area contributed by atoms with Crippen molar-refractivity contribution in [2.75, 3.05) is 0 Å². The van der Waals surface area contributed by atoms with Gasteiger partial charge >= 0.3 is 5.97 Å². The fraction of sp³-hybridized carbons (Fsp3) is 0.222. The third-order valence-electron chi connectivity index (χ3n) is 3.50. The van der Waals surface area contributed by atoms with E-state index in [-0.39, 0.29) is 5.56 Å². The molecule has 2 aromatic heterocycles. The van der Waals surface area contributed by atoms with Crippen molar-refractivity contribution >= 4 is 5.97 Å². The summed E-state index contributed by atoms with van der Waals surface area (Å²) in [6, 6.07) is 10.3. The molecule has 1 aromatic carbocycles. The summed E-state index contributed by atoms with van der Waals surface area (Å²) in [6.45, 7) is 4.18. The van der Waals surface area contributed by atoms with Gasteiger partial charge in [-0.25, -0.2) is 4.79 Å². The summed E-state index contributed by atoms with van der Waals surface area (Å²) in [5, 5.41) is 13.2. The normalized spacial score (nSPS) is 11.0. The van der Waals surface area contributed by atoms with E-state index in [9.17, 15) is 9.90 Å². The maximum atomic E-state index is 11.3. The van der Waals surface area contributed by atoms with Crippen LogP contribution in [-0.2, 0) is 6.42 Å². The zero-order valence-corrected chi connectivity index (χ0v) is 13.4. The van der Waals surface area contributed by atoms with E-state index < -0.39 is 5.97 Å². The van der Waals surface area contributed by atoms with Crippen LogP contribution in [0, 0.1) is 5.92 Å². The van der Waals surface area contributed by atoms with Crippen LogP contribution in [0.3, 0.4) is 0 Å². The molecule has 0 aliphatic heterocycles. The fourth-order valence-electron chi connectivity index (χ4n) is 2.39. The summed E-state index contributed by atoms with van der Waals surface area (Å²) in [7, 11) is 0. The SMILES string of the molecule is CC(C)Cc1noc(-c2ccc(-c3ccccc3C(=O)O)nc2)n1. The molecule has 0 fully saturated rings. The standard InChI is InChI=1S/C18H17N3O3/c1-11(2)9-16-20-17(24-21-16)12-7-8-15(19-10-12)13-5-3-4-6-14(13)18(22)23/h3-8,10-11H,9H2,1-2H3,(H,22,23). The number of aromatic nitrogens is 3.